The molecule has 0 aliphatic heterocycles. The lowest BCUT2D eigenvalue weighted by Gasteiger charge is -2.19. The highest BCUT2D eigenvalue weighted by Gasteiger charge is 2.19. The third-order valence-electron chi connectivity index (χ3n) is 6.55. The number of ether oxygens (including phenoxy) is 2. The van der Waals surface area contributed by atoms with Gasteiger partial charge >= 0.3 is 0 Å². The summed E-state index contributed by atoms with van der Waals surface area (Å²) in [6, 6.07) is 33.0. The smallest absolute Gasteiger partial charge is 0.250 e. The number of para-hydroxylation sites is 1. The summed E-state index contributed by atoms with van der Waals surface area (Å²) >= 11 is 1.28. The summed E-state index contributed by atoms with van der Waals surface area (Å²) in [5, 5.41) is 13.7. The largest absolute Gasteiger partial charge is 0.497 e. The van der Waals surface area contributed by atoms with Crippen LogP contribution in [0.5, 0.6) is 17.2 Å². The minimum absolute atomic E-state index is 0.0395. The maximum Gasteiger partial charge on any atom is 0.250 e. The van der Waals surface area contributed by atoms with E-state index in [1.54, 1.807) is 13.3 Å². The van der Waals surface area contributed by atoms with E-state index in [4.69, 9.17) is 9.47 Å². The molecule has 0 spiro atoms. The first-order valence-electron chi connectivity index (χ1n) is 13.8. The number of hydrogen-bond donors (Lipinski definition) is 1. The Morgan fingerprint density at radius 3 is 2.30 bits per heavy atom. The van der Waals surface area contributed by atoms with Crippen LogP contribution in [0.2, 0.25) is 0 Å². The van der Waals surface area contributed by atoms with E-state index in [0.717, 1.165) is 28.3 Å². The Bertz CT molecular complexity index is 1690. The first-order valence-corrected chi connectivity index (χ1v) is 14.8. The van der Waals surface area contributed by atoms with Crippen LogP contribution in [0.25, 0.3) is 17.1 Å². The van der Waals surface area contributed by atoms with Gasteiger partial charge in [0.25, 0.3) is 5.91 Å². The number of nitrogens with one attached hydrogen (secondary N) is 1. The highest BCUT2D eigenvalue weighted by molar-refractivity contribution is 7.99. The minimum atomic E-state index is -0.265. The van der Waals surface area contributed by atoms with E-state index in [1.807, 2.05) is 83.4 Å². The van der Waals surface area contributed by atoms with Gasteiger partial charge in [-0.25, -0.2) is 5.43 Å². The van der Waals surface area contributed by atoms with Crippen molar-refractivity contribution < 1.29 is 14.3 Å². The predicted octanol–water partition coefficient (Wildman–Crippen LogP) is 7.28. The standard InChI is InChI=1S/C34H33N5O3S/c1-34(2,3)26-15-13-25(14-16-26)32-37-38-33(39(32)27-17-19-28(41-4)20-18-27)43-23-31(40)36-35-22-24-9-8-12-30(21-24)42-29-10-6-5-7-11-29/h5-22H,23H2,1-4H3,(H,36,40)/b35-22+. The van der Waals surface area contributed by atoms with Crippen molar-refractivity contribution in [3.8, 4) is 34.3 Å². The van der Waals surface area contributed by atoms with Gasteiger partial charge in [0.2, 0.25) is 0 Å². The number of rotatable bonds is 10. The molecule has 8 nitrogen and oxygen atoms in total. The normalized spacial score (nSPS) is 11.4. The molecule has 0 radical (unpaired) electrons. The molecule has 0 bridgehead atoms. The van der Waals surface area contributed by atoms with E-state index < -0.39 is 0 Å². The van der Waals surface area contributed by atoms with E-state index >= 15 is 0 Å². The summed E-state index contributed by atoms with van der Waals surface area (Å²) in [5.74, 6) is 2.69. The number of carbonyl (C=O) groups is 1. The molecule has 0 fully saturated rings. The van der Waals surface area contributed by atoms with Crippen LogP contribution in [-0.4, -0.2) is 39.7 Å². The van der Waals surface area contributed by atoms with Gasteiger partial charge < -0.3 is 9.47 Å². The fraction of sp³-hybridized carbons (Fsp3) is 0.176. The zero-order valence-corrected chi connectivity index (χ0v) is 25.3. The SMILES string of the molecule is COc1ccc(-n2c(SCC(=O)N/N=C/c3cccc(Oc4ccccc4)c3)nnc2-c2ccc(C(C)(C)C)cc2)cc1. The van der Waals surface area contributed by atoms with Crippen LogP contribution in [0, 0.1) is 0 Å². The number of nitrogens with zero attached hydrogens (tertiary/aromatic N) is 4. The predicted molar refractivity (Wildman–Crippen MR) is 171 cm³/mol. The molecule has 1 aromatic heterocycles. The van der Waals surface area contributed by atoms with Gasteiger partial charge in [0.05, 0.1) is 19.1 Å². The van der Waals surface area contributed by atoms with E-state index in [1.165, 1.54) is 17.3 Å². The zero-order valence-electron chi connectivity index (χ0n) is 24.5. The number of carbonyl (C=O) groups excluding carboxylic acids is 1. The molecule has 218 valence electrons. The van der Waals surface area contributed by atoms with Crippen LogP contribution in [0.3, 0.4) is 0 Å². The van der Waals surface area contributed by atoms with Gasteiger partial charge in [-0.2, -0.15) is 5.10 Å². The van der Waals surface area contributed by atoms with E-state index in [-0.39, 0.29) is 17.1 Å². The van der Waals surface area contributed by atoms with E-state index in [2.05, 4.69) is 65.8 Å². The third-order valence-corrected chi connectivity index (χ3v) is 7.47. The van der Waals surface area contributed by atoms with Crippen molar-refractivity contribution in [3.05, 3.63) is 114 Å². The highest BCUT2D eigenvalue weighted by atomic mass is 32.2. The molecule has 0 atom stereocenters. The Hall–Kier alpha value is -4.89. The van der Waals surface area contributed by atoms with Crippen LogP contribution in [0.1, 0.15) is 31.9 Å². The van der Waals surface area contributed by atoms with Crippen molar-refractivity contribution >= 4 is 23.9 Å². The second kappa shape index (κ2) is 13.4. The summed E-state index contributed by atoms with van der Waals surface area (Å²) in [6.45, 7) is 6.55. The molecule has 1 heterocycles. The molecule has 0 unspecified atom stereocenters. The molecule has 5 rings (SSSR count). The molecule has 1 amide bonds. The third kappa shape index (κ3) is 7.69. The number of benzene rings is 4. The lowest BCUT2D eigenvalue weighted by atomic mass is 9.87. The molecule has 0 saturated carbocycles. The Labute approximate surface area is 255 Å². The second-order valence-corrected chi connectivity index (χ2v) is 11.7. The van der Waals surface area contributed by atoms with Gasteiger partial charge in [-0.05, 0) is 65.1 Å². The van der Waals surface area contributed by atoms with Crippen LogP contribution in [0.4, 0.5) is 0 Å². The number of methoxy groups -OCH3 is 1. The molecule has 0 saturated heterocycles. The van der Waals surface area contributed by atoms with Crippen molar-refractivity contribution in [2.24, 2.45) is 5.10 Å². The fourth-order valence-corrected chi connectivity index (χ4v) is 5.00. The van der Waals surface area contributed by atoms with Crippen molar-refractivity contribution in [2.45, 2.75) is 31.3 Å². The molecular weight excluding hydrogens is 558 g/mol. The average Bonchev–Trinajstić information content (AvgIpc) is 3.44. The van der Waals surface area contributed by atoms with Crippen molar-refractivity contribution in [3.63, 3.8) is 0 Å². The fourth-order valence-electron chi connectivity index (χ4n) is 4.26. The Morgan fingerprint density at radius 2 is 1.60 bits per heavy atom. The van der Waals surface area contributed by atoms with Crippen molar-refractivity contribution in [1.29, 1.82) is 0 Å². The molecule has 43 heavy (non-hydrogen) atoms. The number of hydrogen-bond acceptors (Lipinski definition) is 7. The van der Waals surface area contributed by atoms with Gasteiger partial charge in [0.15, 0.2) is 11.0 Å². The summed E-state index contributed by atoms with van der Waals surface area (Å²) in [6.07, 6.45) is 1.58. The quantitative estimate of drug-likeness (QED) is 0.104. The number of aromatic nitrogens is 3. The van der Waals surface area contributed by atoms with Crippen LogP contribution in [0.15, 0.2) is 113 Å². The van der Waals surface area contributed by atoms with Gasteiger partial charge in [0, 0.05) is 11.3 Å². The maximum absolute atomic E-state index is 12.7. The first-order chi connectivity index (χ1) is 20.8. The van der Waals surface area contributed by atoms with Gasteiger partial charge in [-0.15, -0.1) is 10.2 Å². The molecule has 0 aliphatic carbocycles. The highest BCUT2D eigenvalue weighted by Crippen LogP contribution is 2.31. The number of hydrazone groups is 1. The molecule has 1 N–H and O–H groups in total. The second-order valence-electron chi connectivity index (χ2n) is 10.7. The van der Waals surface area contributed by atoms with Crippen LogP contribution < -0.4 is 14.9 Å². The minimum Gasteiger partial charge on any atom is -0.497 e. The lowest BCUT2D eigenvalue weighted by molar-refractivity contribution is -0.118. The molecule has 9 heteroatoms. The van der Waals surface area contributed by atoms with Gasteiger partial charge in [-0.3, -0.25) is 9.36 Å². The topological polar surface area (TPSA) is 90.6 Å². The summed E-state index contributed by atoms with van der Waals surface area (Å²) in [4.78, 5) is 12.7. The van der Waals surface area contributed by atoms with Crippen molar-refractivity contribution in [1.82, 2.24) is 20.2 Å². The van der Waals surface area contributed by atoms with Crippen molar-refractivity contribution in [2.75, 3.05) is 12.9 Å². The summed E-state index contributed by atoms with van der Waals surface area (Å²) in [5.41, 5.74) is 6.45. The Morgan fingerprint density at radius 1 is 0.884 bits per heavy atom. The van der Waals surface area contributed by atoms with Crippen LogP contribution >= 0.6 is 11.8 Å². The molecule has 5 aromatic rings. The lowest BCUT2D eigenvalue weighted by Crippen LogP contribution is -2.20. The summed E-state index contributed by atoms with van der Waals surface area (Å²) in [7, 11) is 1.63. The van der Waals surface area contributed by atoms with E-state index in [9.17, 15) is 4.79 Å². The number of amides is 1. The Kier molecular flexibility index (Phi) is 9.22. The molecule has 0 aliphatic rings. The number of thioether (sulfide) groups is 1. The maximum atomic E-state index is 12.7. The van der Waals surface area contributed by atoms with Gasteiger partial charge in [-0.1, -0.05) is 87.1 Å². The monoisotopic (exact) mass is 591 g/mol. The first kappa shape index (κ1) is 29.6. The van der Waals surface area contributed by atoms with Gasteiger partial charge in [0.1, 0.15) is 17.2 Å². The Balaban J connectivity index is 1.28. The molecular formula is C34H33N5O3S. The van der Waals surface area contributed by atoms with E-state index in [0.29, 0.717) is 16.7 Å². The van der Waals surface area contributed by atoms with Crippen LogP contribution in [-0.2, 0) is 10.2 Å². The average molecular weight is 592 g/mol. The molecule has 4 aromatic carbocycles. The zero-order chi connectivity index (χ0) is 30.2. The summed E-state index contributed by atoms with van der Waals surface area (Å²) < 4.78 is 13.2.